The molecule has 3 nitrogen and oxygen atoms in total. The summed E-state index contributed by atoms with van der Waals surface area (Å²) in [6.45, 7) is 8.22. The zero-order valence-electron chi connectivity index (χ0n) is 10.2. The topological polar surface area (TPSA) is 15.7 Å². The van der Waals surface area contributed by atoms with Crippen molar-refractivity contribution in [3.63, 3.8) is 0 Å². The first-order valence-corrected chi connectivity index (χ1v) is 5.08. The Hall–Kier alpha value is -0.335. The monoisotopic (exact) mass is 247 g/mol. The number of halogens is 4. The van der Waals surface area contributed by atoms with Crippen molar-refractivity contribution in [2.45, 2.75) is 13.8 Å². The standard InChI is InChI=1S/C8H20N2O.BF4/c1-5-10(6-2)9(3)7-8-11-4;2-1(3,4)5/h5-8H2,1-4H3;/q;-1. The molecule has 100 valence electrons. The van der Waals surface area contributed by atoms with Crippen LogP contribution < -0.4 is 0 Å². The Morgan fingerprint density at radius 3 is 1.69 bits per heavy atom. The van der Waals surface area contributed by atoms with E-state index in [1.807, 2.05) is 0 Å². The first kappa shape index (κ1) is 18.0. The van der Waals surface area contributed by atoms with Gasteiger partial charge in [0.2, 0.25) is 0 Å². The van der Waals surface area contributed by atoms with Crippen LogP contribution in [0.4, 0.5) is 17.3 Å². The molecule has 0 heterocycles. The smallest absolute Gasteiger partial charge is 0.418 e. The molecule has 0 aromatic carbocycles. The Labute approximate surface area is 94.4 Å². The van der Waals surface area contributed by atoms with E-state index in [-0.39, 0.29) is 0 Å². The van der Waals surface area contributed by atoms with Crippen LogP contribution in [0.1, 0.15) is 13.8 Å². The molecule has 0 fully saturated rings. The van der Waals surface area contributed by atoms with E-state index < -0.39 is 7.25 Å². The van der Waals surface area contributed by atoms with Crippen LogP contribution in [0.5, 0.6) is 0 Å². The Kier molecular flexibility index (Phi) is 11.1. The third-order valence-electron chi connectivity index (χ3n) is 1.83. The van der Waals surface area contributed by atoms with Crippen molar-refractivity contribution < 1.29 is 22.0 Å². The minimum Gasteiger partial charge on any atom is -0.418 e. The van der Waals surface area contributed by atoms with Crippen LogP contribution >= 0.6 is 0 Å². The van der Waals surface area contributed by atoms with E-state index in [4.69, 9.17) is 4.74 Å². The molecule has 0 aliphatic carbocycles. The van der Waals surface area contributed by atoms with Gasteiger partial charge in [0, 0.05) is 33.8 Å². The van der Waals surface area contributed by atoms with E-state index in [1.54, 1.807) is 7.11 Å². The Morgan fingerprint density at radius 2 is 1.44 bits per heavy atom. The highest BCUT2D eigenvalue weighted by molar-refractivity contribution is 6.50. The maximum Gasteiger partial charge on any atom is 0.673 e. The summed E-state index contributed by atoms with van der Waals surface area (Å²) in [7, 11) is -2.18. The molecule has 0 atom stereocenters. The number of ether oxygens (including phenoxy) is 1. The van der Waals surface area contributed by atoms with Crippen LogP contribution in [-0.4, -0.2) is 57.7 Å². The van der Waals surface area contributed by atoms with Gasteiger partial charge in [-0.3, -0.25) is 0 Å². The van der Waals surface area contributed by atoms with Crippen LogP contribution in [0.3, 0.4) is 0 Å². The van der Waals surface area contributed by atoms with Gasteiger partial charge < -0.3 is 22.0 Å². The molecule has 0 radical (unpaired) electrons. The van der Waals surface area contributed by atoms with Crippen molar-refractivity contribution >= 4 is 7.25 Å². The molecule has 16 heavy (non-hydrogen) atoms. The Morgan fingerprint density at radius 1 is 1.06 bits per heavy atom. The van der Waals surface area contributed by atoms with Crippen molar-refractivity contribution in [2.75, 3.05) is 40.4 Å². The number of nitrogens with zero attached hydrogens (tertiary/aromatic N) is 2. The molecule has 0 saturated carbocycles. The predicted molar refractivity (Wildman–Crippen MR) is 57.6 cm³/mol. The summed E-state index contributed by atoms with van der Waals surface area (Å²) in [6.07, 6.45) is 0. The van der Waals surface area contributed by atoms with Gasteiger partial charge in [0.1, 0.15) is 0 Å². The number of rotatable bonds is 6. The maximum absolute atomic E-state index is 9.75. The highest BCUT2D eigenvalue weighted by Crippen LogP contribution is 2.06. The highest BCUT2D eigenvalue weighted by Gasteiger charge is 2.20. The van der Waals surface area contributed by atoms with Crippen LogP contribution in [0.2, 0.25) is 0 Å². The van der Waals surface area contributed by atoms with E-state index in [2.05, 4.69) is 30.9 Å². The molecule has 0 aromatic rings. The quantitative estimate of drug-likeness (QED) is 0.406. The molecule has 0 bridgehead atoms. The normalized spacial score (nSPS) is 11.6. The first-order valence-electron chi connectivity index (χ1n) is 5.08. The van der Waals surface area contributed by atoms with E-state index >= 15 is 0 Å². The van der Waals surface area contributed by atoms with Crippen LogP contribution in [-0.2, 0) is 4.74 Å². The molecule has 0 aromatic heterocycles. The summed E-state index contributed by atoms with van der Waals surface area (Å²) in [5, 5.41) is 4.47. The Bertz CT molecular complexity index is 149. The minimum absolute atomic E-state index is 0.799. The number of methoxy groups -OCH3 is 1. The number of hydrogen-bond acceptors (Lipinski definition) is 3. The molecule has 0 N–H and O–H groups in total. The zero-order valence-corrected chi connectivity index (χ0v) is 10.2. The van der Waals surface area contributed by atoms with Crippen molar-refractivity contribution in [2.24, 2.45) is 0 Å². The molecular weight excluding hydrogens is 227 g/mol. The van der Waals surface area contributed by atoms with Gasteiger partial charge in [0.05, 0.1) is 6.61 Å². The summed E-state index contributed by atoms with van der Waals surface area (Å²) < 4.78 is 44.0. The van der Waals surface area contributed by atoms with Gasteiger partial charge in [0.25, 0.3) is 0 Å². The molecule has 0 aliphatic rings. The first-order chi connectivity index (χ1) is 7.26. The van der Waals surface area contributed by atoms with Gasteiger partial charge in [-0.15, -0.1) is 0 Å². The molecule has 0 aliphatic heterocycles. The van der Waals surface area contributed by atoms with Crippen molar-refractivity contribution in [3.8, 4) is 0 Å². The van der Waals surface area contributed by atoms with Crippen LogP contribution in [0.25, 0.3) is 0 Å². The second kappa shape index (κ2) is 9.86. The van der Waals surface area contributed by atoms with Gasteiger partial charge in [-0.05, 0) is 0 Å². The second-order valence-electron chi connectivity index (χ2n) is 3.01. The SMILES string of the molecule is CCN(CC)N(C)CCOC.F[B-](F)(F)F. The largest absolute Gasteiger partial charge is 0.673 e. The number of likely N-dealkylation sites (N-methyl/N-ethyl adjacent to an activating group) is 1. The lowest BCUT2D eigenvalue weighted by atomic mass is 10.3. The number of hydrogen-bond donors (Lipinski definition) is 0. The molecule has 0 unspecified atom stereocenters. The molecular formula is C8H20BF4N2O-. The van der Waals surface area contributed by atoms with Crippen LogP contribution in [0, 0.1) is 0 Å². The molecule has 0 spiro atoms. The van der Waals surface area contributed by atoms with E-state index in [0.29, 0.717) is 0 Å². The Balaban J connectivity index is 0. The fraction of sp³-hybridized carbons (Fsp3) is 1.00. The predicted octanol–water partition coefficient (Wildman–Crippen LogP) is 2.12. The van der Waals surface area contributed by atoms with Gasteiger partial charge in [-0.25, -0.2) is 10.0 Å². The van der Waals surface area contributed by atoms with E-state index in [1.165, 1.54) is 0 Å². The maximum atomic E-state index is 9.75. The van der Waals surface area contributed by atoms with Gasteiger partial charge in [-0.1, -0.05) is 13.8 Å². The third-order valence-corrected chi connectivity index (χ3v) is 1.83. The zero-order chi connectivity index (χ0) is 13.2. The lowest BCUT2D eigenvalue weighted by Gasteiger charge is -2.29. The summed E-state index contributed by atoms with van der Waals surface area (Å²) in [4.78, 5) is 0. The second-order valence-corrected chi connectivity index (χ2v) is 3.01. The number of hydrazine groups is 1. The summed E-state index contributed by atoms with van der Waals surface area (Å²) in [6, 6.07) is 0. The van der Waals surface area contributed by atoms with Crippen molar-refractivity contribution in [1.29, 1.82) is 0 Å². The summed E-state index contributed by atoms with van der Waals surface area (Å²) in [5.41, 5.74) is 0. The molecule has 8 heteroatoms. The third kappa shape index (κ3) is 16.1. The molecule has 0 amide bonds. The van der Waals surface area contributed by atoms with Gasteiger partial charge in [0.15, 0.2) is 0 Å². The van der Waals surface area contributed by atoms with E-state index in [0.717, 1.165) is 26.2 Å². The summed E-state index contributed by atoms with van der Waals surface area (Å²) in [5.74, 6) is 0. The highest BCUT2D eigenvalue weighted by atomic mass is 19.5. The average Bonchev–Trinajstić information content (AvgIpc) is 2.14. The van der Waals surface area contributed by atoms with E-state index in [9.17, 15) is 17.3 Å². The average molecular weight is 247 g/mol. The van der Waals surface area contributed by atoms with Crippen LogP contribution in [0.15, 0.2) is 0 Å². The van der Waals surface area contributed by atoms with Crippen molar-refractivity contribution in [1.82, 2.24) is 10.0 Å². The van der Waals surface area contributed by atoms with Gasteiger partial charge >= 0.3 is 7.25 Å². The molecule has 0 saturated heterocycles. The minimum atomic E-state index is -6.00. The molecule has 0 rings (SSSR count). The lowest BCUT2D eigenvalue weighted by molar-refractivity contribution is -0.00822. The lowest BCUT2D eigenvalue weighted by Crippen LogP contribution is -2.41. The van der Waals surface area contributed by atoms with Crippen molar-refractivity contribution in [3.05, 3.63) is 0 Å². The van der Waals surface area contributed by atoms with Gasteiger partial charge in [-0.2, -0.15) is 0 Å². The summed E-state index contributed by atoms with van der Waals surface area (Å²) >= 11 is 0. The fourth-order valence-electron chi connectivity index (χ4n) is 1.07. The fourth-order valence-corrected chi connectivity index (χ4v) is 1.07.